The number of carbonyl (C=O) groups excluding carboxylic acids is 1. The molecule has 0 aromatic heterocycles. The fourth-order valence-corrected chi connectivity index (χ4v) is 1.40. The molecule has 1 aromatic rings. The van der Waals surface area contributed by atoms with E-state index in [0.29, 0.717) is 6.54 Å². The molecule has 1 aromatic carbocycles. The molecule has 3 nitrogen and oxygen atoms in total. The summed E-state index contributed by atoms with van der Waals surface area (Å²) >= 11 is 0. The quantitative estimate of drug-likeness (QED) is 0.634. The van der Waals surface area contributed by atoms with E-state index in [2.05, 4.69) is 26.1 Å². The fourth-order valence-electron chi connectivity index (χ4n) is 1.40. The van der Waals surface area contributed by atoms with Gasteiger partial charge in [-0.15, -0.1) is 0 Å². The second kappa shape index (κ2) is 6.24. The molecule has 0 bridgehead atoms. The number of hydrogen-bond donors (Lipinski definition) is 2. The molecule has 3 heteroatoms. The average Bonchev–Trinajstić information content (AvgIpc) is 2.26. The van der Waals surface area contributed by atoms with Crippen molar-refractivity contribution < 1.29 is 4.79 Å². The molecule has 18 heavy (non-hydrogen) atoms. The summed E-state index contributed by atoms with van der Waals surface area (Å²) in [4.78, 5) is 11.5. The Kier molecular flexibility index (Phi) is 4.95. The van der Waals surface area contributed by atoms with Crippen LogP contribution in [0.1, 0.15) is 32.8 Å². The van der Waals surface area contributed by atoms with Crippen LogP contribution in [-0.4, -0.2) is 12.5 Å². The molecule has 1 amide bonds. The van der Waals surface area contributed by atoms with Crippen LogP contribution < -0.4 is 11.1 Å². The van der Waals surface area contributed by atoms with E-state index < -0.39 is 0 Å². The molecule has 98 valence electrons. The number of carbonyl (C=O) groups is 1. The smallest absolute Gasteiger partial charge is 0.243 e. The maximum atomic E-state index is 11.5. The Hall–Kier alpha value is -1.77. The molecule has 3 N–H and O–H groups in total. The third kappa shape index (κ3) is 6.09. The predicted molar refractivity (Wildman–Crippen MR) is 77.0 cm³/mol. The van der Waals surface area contributed by atoms with E-state index in [0.717, 1.165) is 17.7 Å². The molecule has 0 atom stereocenters. The molecule has 0 saturated carbocycles. The second-order valence-electron chi connectivity index (χ2n) is 5.60. The van der Waals surface area contributed by atoms with Crippen LogP contribution in [0.4, 0.5) is 5.69 Å². The van der Waals surface area contributed by atoms with Crippen LogP contribution in [0.2, 0.25) is 0 Å². The average molecular weight is 246 g/mol. The van der Waals surface area contributed by atoms with Crippen molar-refractivity contribution in [1.29, 1.82) is 0 Å². The van der Waals surface area contributed by atoms with Crippen LogP contribution >= 0.6 is 0 Å². The minimum Gasteiger partial charge on any atom is -0.399 e. The molecular weight excluding hydrogens is 224 g/mol. The lowest BCUT2D eigenvalue weighted by Gasteiger charge is -2.17. The van der Waals surface area contributed by atoms with E-state index >= 15 is 0 Å². The second-order valence-corrected chi connectivity index (χ2v) is 5.60. The standard InChI is InChI=1S/C15H22N2O/c1-15(2,3)10-11-17-14(18)9-6-12-4-7-13(16)8-5-12/h4-9H,10-11,16H2,1-3H3,(H,17,18)/b9-6+. The van der Waals surface area contributed by atoms with Gasteiger partial charge in [0.2, 0.25) is 5.91 Å². The molecule has 0 unspecified atom stereocenters. The van der Waals surface area contributed by atoms with Crippen molar-refractivity contribution in [2.75, 3.05) is 12.3 Å². The lowest BCUT2D eigenvalue weighted by molar-refractivity contribution is -0.116. The van der Waals surface area contributed by atoms with E-state index in [1.54, 1.807) is 12.2 Å². The van der Waals surface area contributed by atoms with Gasteiger partial charge in [-0.3, -0.25) is 4.79 Å². The van der Waals surface area contributed by atoms with Crippen molar-refractivity contribution in [3.63, 3.8) is 0 Å². The van der Waals surface area contributed by atoms with Gasteiger partial charge in [0.25, 0.3) is 0 Å². The van der Waals surface area contributed by atoms with Gasteiger partial charge in [0, 0.05) is 18.3 Å². The molecule has 0 heterocycles. The van der Waals surface area contributed by atoms with Gasteiger partial charge in [-0.25, -0.2) is 0 Å². The Morgan fingerprint density at radius 1 is 1.28 bits per heavy atom. The lowest BCUT2D eigenvalue weighted by Crippen LogP contribution is -2.25. The summed E-state index contributed by atoms with van der Waals surface area (Å²) in [6, 6.07) is 7.40. The summed E-state index contributed by atoms with van der Waals surface area (Å²) in [5, 5.41) is 2.87. The Labute approximate surface area is 109 Å². The van der Waals surface area contributed by atoms with Crippen LogP contribution in [-0.2, 0) is 4.79 Å². The van der Waals surface area contributed by atoms with Crippen LogP contribution in [0.25, 0.3) is 6.08 Å². The third-order valence-electron chi connectivity index (χ3n) is 2.54. The maximum absolute atomic E-state index is 11.5. The molecule has 0 aliphatic rings. The minimum atomic E-state index is -0.0592. The summed E-state index contributed by atoms with van der Waals surface area (Å²) in [5.41, 5.74) is 7.52. The van der Waals surface area contributed by atoms with Gasteiger partial charge in [-0.1, -0.05) is 32.9 Å². The maximum Gasteiger partial charge on any atom is 0.243 e. The van der Waals surface area contributed by atoms with E-state index in [-0.39, 0.29) is 11.3 Å². The van der Waals surface area contributed by atoms with Gasteiger partial charge >= 0.3 is 0 Å². The van der Waals surface area contributed by atoms with Crippen molar-refractivity contribution in [2.24, 2.45) is 5.41 Å². The molecule has 0 radical (unpaired) electrons. The molecule has 0 aliphatic carbocycles. The van der Waals surface area contributed by atoms with Crippen molar-refractivity contribution in [1.82, 2.24) is 5.32 Å². The number of rotatable bonds is 4. The van der Waals surface area contributed by atoms with Crippen molar-refractivity contribution >= 4 is 17.7 Å². The summed E-state index contributed by atoms with van der Waals surface area (Å²) < 4.78 is 0. The highest BCUT2D eigenvalue weighted by Crippen LogP contribution is 2.16. The van der Waals surface area contributed by atoms with E-state index in [1.165, 1.54) is 0 Å². The van der Waals surface area contributed by atoms with Crippen LogP contribution in [0, 0.1) is 5.41 Å². The van der Waals surface area contributed by atoms with Crippen LogP contribution in [0.15, 0.2) is 30.3 Å². The first-order chi connectivity index (χ1) is 8.37. The van der Waals surface area contributed by atoms with Gasteiger partial charge in [0.15, 0.2) is 0 Å². The Morgan fingerprint density at radius 3 is 2.44 bits per heavy atom. The SMILES string of the molecule is CC(C)(C)CCNC(=O)/C=C/c1ccc(N)cc1. The van der Waals surface area contributed by atoms with E-state index in [4.69, 9.17) is 5.73 Å². The fraction of sp³-hybridized carbons (Fsp3) is 0.400. The summed E-state index contributed by atoms with van der Waals surface area (Å²) in [6.45, 7) is 7.17. The third-order valence-corrected chi connectivity index (χ3v) is 2.54. The van der Waals surface area contributed by atoms with Crippen LogP contribution in [0.5, 0.6) is 0 Å². The highest BCUT2D eigenvalue weighted by atomic mass is 16.1. The van der Waals surface area contributed by atoms with Crippen molar-refractivity contribution in [3.05, 3.63) is 35.9 Å². The number of nitrogens with one attached hydrogen (secondary N) is 1. The van der Waals surface area contributed by atoms with Gasteiger partial charge in [-0.2, -0.15) is 0 Å². The zero-order valence-electron chi connectivity index (χ0n) is 11.4. The lowest BCUT2D eigenvalue weighted by atomic mass is 9.92. The number of nitrogens with two attached hydrogens (primary N) is 1. The Bertz CT molecular complexity index is 413. The summed E-state index contributed by atoms with van der Waals surface area (Å²) in [5.74, 6) is -0.0592. The Balaban J connectivity index is 2.38. The minimum absolute atomic E-state index is 0.0592. The highest BCUT2D eigenvalue weighted by molar-refractivity contribution is 5.91. The summed E-state index contributed by atoms with van der Waals surface area (Å²) in [6.07, 6.45) is 4.30. The van der Waals surface area contributed by atoms with E-state index in [9.17, 15) is 4.79 Å². The molecule has 0 spiro atoms. The zero-order valence-corrected chi connectivity index (χ0v) is 11.4. The first-order valence-corrected chi connectivity index (χ1v) is 6.18. The van der Waals surface area contributed by atoms with Gasteiger partial charge < -0.3 is 11.1 Å². The van der Waals surface area contributed by atoms with Gasteiger partial charge in [0.05, 0.1) is 0 Å². The monoisotopic (exact) mass is 246 g/mol. The number of nitrogen functional groups attached to an aromatic ring is 1. The molecule has 0 aliphatic heterocycles. The molecule has 0 fully saturated rings. The molecule has 1 rings (SSSR count). The summed E-state index contributed by atoms with van der Waals surface area (Å²) in [7, 11) is 0. The number of hydrogen-bond acceptors (Lipinski definition) is 2. The normalized spacial score (nSPS) is 11.7. The highest BCUT2D eigenvalue weighted by Gasteiger charge is 2.09. The molecular formula is C15H22N2O. The zero-order chi connectivity index (χ0) is 13.6. The number of benzene rings is 1. The Morgan fingerprint density at radius 2 is 1.89 bits per heavy atom. The van der Waals surface area contributed by atoms with E-state index in [1.807, 2.05) is 24.3 Å². The first kappa shape index (κ1) is 14.3. The predicted octanol–water partition coefficient (Wildman–Crippen LogP) is 2.83. The van der Waals surface area contributed by atoms with Gasteiger partial charge in [0.1, 0.15) is 0 Å². The van der Waals surface area contributed by atoms with Gasteiger partial charge in [-0.05, 0) is 35.6 Å². The first-order valence-electron chi connectivity index (χ1n) is 6.18. The largest absolute Gasteiger partial charge is 0.399 e. The molecule has 0 saturated heterocycles. The van der Waals surface area contributed by atoms with Crippen molar-refractivity contribution in [3.8, 4) is 0 Å². The number of anilines is 1. The topological polar surface area (TPSA) is 55.1 Å². The number of amides is 1. The van der Waals surface area contributed by atoms with Crippen molar-refractivity contribution in [2.45, 2.75) is 27.2 Å². The van der Waals surface area contributed by atoms with Crippen LogP contribution in [0.3, 0.4) is 0 Å².